The van der Waals surface area contributed by atoms with E-state index in [9.17, 15) is 9.59 Å². The van der Waals surface area contributed by atoms with Gasteiger partial charge >= 0.3 is 5.97 Å². The first-order valence-electron chi connectivity index (χ1n) is 4.80. The molecule has 1 heterocycles. The Morgan fingerprint density at radius 2 is 2.07 bits per heavy atom. The third-order valence-electron chi connectivity index (χ3n) is 2.32. The molecule has 1 atom stereocenters. The highest BCUT2D eigenvalue weighted by atomic mass is 16.6. The molecule has 0 radical (unpaired) electrons. The van der Waals surface area contributed by atoms with Crippen molar-refractivity contribution in [2.75, 3.05) is 0 Å². The van der Waals surface area contributed by atoms with Crippen molar-refractivity contribution in [3.8, 4) is 0 Å². The van der Waals surface area contributed by atoms with E-state index in [1.165, 1.54) is 0 Å². The summed E-state index contributed by atoms with van der Waals surface area (Å²) < 4.78 is 10.4. The van der Waals surface area contributed by atoms with Gasteiger partial charge < -0.3 is 9.47 Å². The molecule has 2 aliphatic rings. The molecule has 0 aromatic rings. The molecule has 0 saturated heterocycles. The van der Waals surface area contributed by atoms with Crippen LogP contribution in [0.25, 0.3) is 0 Å². The largest absolute Gasteiger partial charge is 0.483 e. The van der Waals surface area contributed by atoms with Crippen LogP contribution in [0, 0.1) is 0 Å². The van der Waals surface area contributed by atoms with E-state index in [1.54, 1.807) is 6.92 Å². The fourth-order valence-electron chi connectivity index (χ4n) is 1.68. The van der Waals surface area contributed by atoms with E-state index in [0.29, 0.717) is 18.6 Å². The van der Waals surface area contributed by atoms with Crippen molar-refractivity contribution in [2.45, 2.75) is 38.7 Å². The van der Waals surface area contributed by atoms with Crippen molar-refractivity contribution in [3.63, 3.8) is 0 Å². The molecule has 1 aliphatic carbocycles. The lowest BCUT2D eigenvalue weighted by molar-refractivity contribution is -0.140. The molecule has 0 bridgehead atoms. The molecule has 0 fully saturated rings. The maximum atomic E-state index is 11.5. The van der Waals surface area contributed by atoms with Gasteiger partial charge in [-0.2, -0.15) is 0 Å². The lowest BCUT2D eigenvalue weighted by Crippen LogP contribution is -2.16. The Kier molecular flexibility index (Phi) is 2.27. The average molecular weight is 196 g/mol. The maximum Gasteiger partial charge on any atom is 0.314 e. The second kappa shape index (κ2) is 3.44. The fraction of sp³-hybridized carbons (Fsp3) is 0.600. The molecule has 0 N–H and O–H groups in total. The first kappa shape index (κ1) is 9.24. The van der Waals surface area contributed by atoms with Gasteiger partial charge in [-0.3, -0.25) is 9.59 Å². The molecular formula is C10H12O4. The van der Waals surface area contributed by atoms with E-state index in [2.05, 4.69) is 0 Å². The van der Waals surface area contributed by atoms with E-state index in [1.807, 2.05) is 0 Å². The van der Waals surface area contributed by atoms with Gasteiger partial charge in [0.2, 0.25) is 11.5 Å². The first-order chi connectivity index (χ1) is 6.66. The van der Waals surface area contributed by atoms with Crippen LogP contribution in [0.5, 0.6) is 0 Å². The molecule has 0 aromatic heterocycles. The topological polar surface area (TPSA) is 52.6 Å². The number of ketones is 1. The molecule has 0 aromatic carbocycles. The van der Waals surface area contributed by atoms with Crippen LogP contribution in [0.15, 0.2) is 11.5 Å². The summed E-state index contributed by atoms with van der Waals surface area (Å²) in [5, 5.41) is 0. The summed E-state index contributed by atoms with van der Waals surface area (Å²) >= 11 is 0. The second-order valence-corrected chi connectivity index (χ2v) is 3.64. The average Bonchev–Trinajstić information content (AvgIpc) is 2.23. The zero-order chi connectivity index (χ0) is 10.1. The molecule has 14 heavy (non-hydrogen) atoms. The Balaban J connectivity index is 2.31. The van der Waals surface area contributed by atoms with Crippen molar-refractivity contribution >= 4 is 11.8 Å². The van der Waals surface area contributed by atoms with Crippen LogP contribution in [0.4, 0.5) is 0 Å². The predicted molar refractivity (Wildman–Crippen MR) is 47.1 cm³/mol. The van der Waals surface area contributed by atoms with Gasteiger partial charge in [-0.1, -0.05) is 0 Å². The van der Waals surface area contributed by atoms with Crippen molar-refractivity contribution < 1.29 is 19.1 Å². The van der Waals surface area contributed by atoms with Crippen LogP contribution < -0.4 is 0 Å². The molecule has 2 rings (SSSR count). The van der Waals surface area contributed by atoms with Gasteiger partial charge in [0.25, 0.3) is 0 Å². The van der Waals surface area contributed by atoms with Crippen molar-refractivity contribution in [3.05, 3.63) is 11.5 Å². The summed E-state index contributed by atoms with van der Waals surface area (Å²) in [5.74, 6) is 0.343. The number of hydrogen-bond donors (Lipinski definition) is 0. The lowest BCUT2D eigenvalue weighted by Gasteiger charge is -2.17. The smallest absolute Gasteiger partial charge is 0.314 e. The molecule has 1 unspecified atom stereocenters. The number of allylic oxidation sites excluding steroid dienone is 2. The molecule has 0 spiro atoms. The molecule has 76 valence electrons. The van der Waals surface area contributed by atoms with E-state index < -0.39 is 0 Å². The number of ether oxygens (including phenoxy) is 2. The van der Waals surface area contributed by atoms with Gasteiger partial charge in [-0.25, -0.2) is 0 Å². The normalized spacial score (nSPS) is 27.6. The summed E-state index contributed by atoms with van der Waals surface area (Å²) in [7, 11) is 0. The summed E-state index contributed by atoms with van der Waals surface area (Å²) in [4.78, 5) is 22.7. The lowest BCUT2D eigenvalue weighted by atomic mass is 10.0. The monoisotopic (exact) mass is 196 g/mol. The second-order valence-electron chi connectivity index (χ2n) is 3.64. The third kappa shape index (κ3) is 1.64. The Hall–Kier alpha value is -1.32. The Bertz CT molecular complexity index is 316. The van der Waals surface area contributed by atoms with Crippen LogP contribution in [0.3, 0.4) is 0 Å². The van der Waals surface area contributed by atoms with Crippen LogP contribution in [-0.4, -0.2) is 17.9 Å². The predicted octanol–water partition coefficient (Wildman–Crippen LogP) is 1.30. The minimum Gasteiger partial charge on any atom is -0.483 e. The van der Waals surface area contributed by atoms with Crippen molar-refractivity contribution in [1.82, 2.24) is 0 Å². The van der Waals surface area contributed by atoms with Crippen molar-refractivity contribution in [1.29, 1.82) is 0 Å². The zero-order valence-corrected chi connectivity index (χ0v) is 8.04. The summed E-state index contributed by atoms with van der Waals surface area (Å²) in [6, 6.07) is 0. The van der Waals surface area contributed by atoms with E-state index in [-0.39, 0.29) is 30.0 Å². The maximum absolute atomic E-state index is 11.5. The van der Waals surface area contributed by atoms with E-state index in [4.69, 9.17) is 9.47 Å². The number of esters is 1. The first-order valence-corrected chi connectivity index (χ1v) is 4.80. The Morgan fingerprint density at radius 3 is 2.86 bits per heavy atom. The molecule has 4 heteroatoms. The minimum absolute atomic E-state index is 0.0483. The zero-order valence-electron chi connectivity index (χ0n) is 8.04. The number of carbonyl (C=O) groups excluding carboxylic acids is 2. The minimum atomic E-state index is -0.308. The highest BCUT2D eigenvalue weighted by Crippen LogP contribution is 2.28. The summed E-state index contributed by atoms with van der Waals surface area (Å²) in [6.45, 7) is 1.76. The number of rotatable bonds is 0. The Labute approximate surface area is 81.9 Å². The van der Waals surface area contributed by atoms with E-state index >= 15 is 0 Å². The van der Waals surface area contributed by atoms with Crippen LogP contribution in [-0.2, 0) is 19.1 Å². The number of Topliss-reactive ketones (excluding diaryl/α,β-unsaturated/α-hetero) is 1. The third-order valence-corrected chi connectivity index (χ3v) is 2.32. The van der Waals surface area contributed by atoms with Gasteiger partial charge in [-0.05, 0) is 13.3 Å². The highest BCUT2D eigenvalue weighted by molar-refractivity contribution is 5.95. The number of hydrogen-bond acceptors (Lipinski definition) is 4. The van der Waals surface area contributed by atoms with Crippen molar-refractivity contribution in [2.24, 2.45) is 0 Å². The molecule has 0 saturated carbocycles. The molecule has 4 nitrogen and oxygen atoms in total. The highest BCUT2D eigenvalue weighted by Gasteiger charge is 2.30. The molecule has 0 amide bonds. The van der Waals surface area contributed by atoms with E-state index in [0.717, 1.165) is 6.42 Å². The van der Waals surface area contributed by atoms with Gasteiger partial charge in [0, 0.05) is 12.8 Å². The summed E-state index contributed by atoms with van der Waals surface area (Å²) in [6.07, 6.45) is 1.79. The van der Waals surface area contributed by atoms with Crippen LogP contribution >= 0.6 is 0 Å². The fourth-order valence-corrected chi connectivity index (χ4v) is 1.68. The van der Waals surface area contributed by atoms with Gasteiger partial charge in [0.05, 0.1) is 6.42 Å². The Morgan fingerprint density at radius 1 is 1.29 bits per heavy atom. The SMILES string of the molecule is CC1CC(=O)OC2=C(O1)C(=O)CCC2. The summed E-state index contributed by atoms with van der Waals surface area (Å²) in [5.41, 5.74) is 0. The van der Waals surface area contributed by atoms with Gasteiger partial charge in [0.15, 0.2) is 5.76 Å². The quantitative estimate of drug-likeness (QED) is 0.548. The molecular weight excluding hydrogens is 184 g/mol. The van der Waals surface area contributed by atoms with Crippen LogP contribution in [0.1, 0.15) is 32.6 Å². The van der Waals surface area contributed by atoms with Crippen LogP contribution in [0.2, 0.25) is 0 Å². The number of carbonyl (C=O) groups is 2. The standard InChI is InChI=1S/C10H12O4/c1-6-5-9(12)14-8-4-2-3-7(11)10(8)13-6/h6H,2-5H2,1H3. The molecule has 1 aliphatic heterocycles. The van der Waals surface area contributed by atoms with Gasteiger partial charge in [0.1, 0.15) is 6.10 Å². The van der Waals surface area contributed by atoms with Gasteiger partial charge in [-0.15, -0.1) is 0 Å².